The number of hydrogen-bond donors (Lipinski definition) is 3. The van der Waals surface area contributed by atoms with Crippen molar-refractivity contribution in [3.63, 3.8) is 0 Å². The van der Waals surface area contributed by atoms with Crippen LogP contribution in [0.3, 0.4) is 0 Å². The van der Waals surface area contributed by atoms with Gasteiger partial charge < -0.3 is 15.3 Å². The average molecular weight is 273 g/mol. The Morgan fingerprint density at radius 2 is 2.17 bits per heavy atom. The largest absolute Gasteiger partial charge is 0.478 e. The maximum Gasteiger partial charge on any atom is 0.335 e. The number of carboxylic acid groups (broad SMARTS) is 1. The van der Waals surface area contributed by atoms with Crippen molar-refractivity contribution >= 4 is 23.4 Å². The van der Waals surface area contributed by atoms with Crippen molar-refractivity contribution in [3.8, 4) is 0 Å². The molecule has 0 aliphatic carbocycles. The van der Waals surface area contributed by atoms with E-state index in [0.29, 0.717) is 0 Å². The van der Waals surface area contributed by atoms with E-state index in [1.54, 1.807) is 0 Å². The van der Waals surface area contributed by atoms with Crippen molar-refractivity contribution in [1.82, 2.24) is 0 Å². The zero-order valence-corrected chi connectivity index (χ0v) is 9.96. The summed E-state index contributed by atoms with van der Waals surface area (Å²) in [7, 11) is 0. The van der Waals surface area contributed by atoms with Crippen molar-refractivity contribution < 1.29 is 25.0 Å². The second kappa shape index (κ2) is 6.34. The molecule has 1 rings (SSSR count). The SMILES string of the molecule is O=C(O)c1ccc(SCC(O)CO)c([N+](=O)[O-])c1. The van der Waals surface area contributed by atoms with Crippen molar-refractivity contribution in [3.05, 3.63) is 33.9 Å². The van der Waals surface area contributed by atoms with Crippen LogP contribution in [0.15, 0.2) is 23.1 Å². The predicted octanol–water partition coefficient (Wildman–Crippen LogP) is 0.738. The molecule has 1 aromatic carbocycles. The summed E-state index contributed by atoms with van der Waals surface area (Å²) in [5.41, 5.74) is -0.501. The quantitative estimate of drug-likeness (QED) is 0.397. The van der Waals surface area contributed by atoms with E-state index in [1.165, 1.54) is 12.1 Å². The molecule has 1 aromatic rings. The van der Waals surface area contributed by atoms with Crippen molar-refractivity contribution in [1.29, 1.82) is 0 Å². The van der Waals surface area contributed by atoms with Gasteiger partial charge in [-0.15, -0.1) is 11.8 Å². The minimum absolute atomic E-state index is 0.0871. The number of carbonyl (C=O) groups is 1. The molecule has 0 heterocycles. The molecule has 0 aromatic heterocycles. The Kier molecular flexibility index (Phi) is 5.08. The number of hydrogen-bond acceptors (Lipinski definition) is 6. The monoisotopic (exact) mass is 273 g/mol. The van der Waals surface area contributed by atoms with Gasteiger partial charge in [-0.25, -0.2) is 4.79 Å². The normalized spacial score (nSPS) is 12.1. The smallest absolute Gasteiger partial charge is 0.335 e. The molecule has 0 radical (unpaired) electrons. The lowest BCUT2D eigenvalue weighted by Crippen LogP contribution is -2.14. The average Bonchev–Trinajstić information content (AvgIpc) is 2.35. The van der Waals surface area contributed by atoms with Crippen LogP contribution in [0.25, 0.3) is 0 Å². The fourth-order valence-electron chi connectivity index (χ4n) is 1.15. The van der Waals surface area contributed by atoms with Gasteiger partial charge in [0.15, 0.2) is 0 Å². The van der Waals surface area contributed by atoms with Crippen LogP contribution in [0.2, 0.25) is 0 Å². The van der Waals surface area contributed by atoms with E-state index in [2.05, 4.69) is 0 Å². The number of aromatic carboxylic acids is 1. The number of nitrogens with zero attached hydrogens (tertiary/aromatic N) is 1. The number of thioether (sulfide) groups is 1. The molecule has 7 nitrogen and oxygen atoms in total. The van der Waals surface area contributed by atoms with Gasteiger partial charge in [-0.3, -0.25) is 10.1 Å². The summed E-state index contributed by atoms with van der Waals surface area (Å²) >= 11 is 0.984. The molecule has 18 heavy (non-hydrogen) atoms. The first-order chi connectivity index (χ1) is 8.45. The minimum Gasteiger partial charge on any atom is -0.478 e. The summed E-state index contributed by atoms with van der Waals surface area (Å²) in [5.74, 6) is -1.16. The van der Waals surface area contributed by atoms with Crippen LogP contribution < -0.4 is 0 Å². The summed E-state index contributed by atoms with van der Waals surface area (Å²) in [6.45, 7) is -0.437. The number of aliphatic hydroxyl groups excluding tert-OH is 2. The minimum atomic E-state index is -1.25. The van der Waals surface area contributed by atoms with Gasteiger partial charge in [0, 0.05) is 11.8 Å². The molecule has 0 spiro atoms. The summed E-state index contributed by atoms with van der Waals surface area (Å²) in [6, 6.07) is 3.54. The molecule has 1 atom stereocenters. The van der Waals surface area contributed by atoms with Crippen LogP contribution in [0.4, 0.5) is 5.69 Å². The van der Waals surface area contributed by atoms with Crippen LogP contribution in [0, 0.1) is 10.1 Å². The van der Waals surface area contributed by atoms with E-state index in [4.69, 9.17) is 15.3 Å². The van der Waals surface area contributed by atoms with Gasteiger partial charge in [0.1, 0.15) is 0 Å². The highest BCUT2D eigenvalue weighted by Gasteiger charge is 2.18. The Bertz CT molecular complexity index is 464. The van der Waals surface area contributed by atoms with Gasteiger partial charge in [-0.1, -0.05) is 0 Å². The first-order valence-corrected chi connectivity index (χ1v) is 5.87. The maximum absolute atomic E-state index is 10.8. The van der Waals surface area contributed by atoms with E-state index in [-0.39, 0.29) is 21.9 Å². The summed E-state index contributed by atoms with van der Waals surface area (Å²) in [4.78, 5) is 21.1. The van der Waals surface area contributed by atoms with E-state index in [0.717, 1.165) is 17.8 Å². The van der Waals surface area contributed by atoms with E-state index < -0.39 is 23.6 Å². The third-order valence-corrected chi connectivity index (χ3v) is 3.25. The fraction of sp³-hybridized carbons (Fsp3) is 0.300. The Labute approximate surface area is 106 Å². The number of aliphatic hydroxyl groups is 2. The molecule has 0 fully saturated rings. The first-order valence-electron chi connectivity index (χ1n) is 4.89. The fourth-order valence-corrected chi connectivity index (χ4v) is 2.08. The Balaban J connectivity index is 2.97. The van der Waals surface area contributed by atoms with Crippen LogP contribution in [-0.2, 0) is 0 Å². The van der Waals surface area contributed by atoms with Crippen LogP contribution in [0.1, 0.15) is 10.4 Å². The van der Waals surface area contributed by atoms with Gasteiger partial charge in [0.05, 0.1) is 28.1 Å². The van der Waals surface area contributed by atoms with Crippen molar-refractivity contribution in [2.45, 2.75) is 11.0 Å². The van der Waals surface area contributed by atoms with Crippen LogP contribution >= 0.6 is 11.8 Å². The lowest BCUT2D eigenvalue weighted by atomic mass is 10.2. The number of nitro groups is 1. The third kappa shape index (κ3) is 3.69. The molecule has 1 unspecified atom stereocenters. The van der Waals surface area contributed by atoms with E-state index in [9.17, 15) is 14.9 Å². The third-order valence-electron chi connectivity index (χ3n) is 2.04. The van der Waals surface area contributed by atoms with Gasteiger partial charge in [-0.05, 0) is 12.1 Å². The standard InChI is InChI=1S/C10H11NO6S/c12-4-7(13)5-18-9-2-1-6(10(14)15)3-8(9)11(16)17/h1-3,7,12-13H,4-5H2,(H,14,15). The molecule has 3 N–H and O–H groups in total. The van der Waals surface area contributed by atoms with Crippen molar-refractivity contribution in [2.24, 2.45) is 0 Å². The van der Waals surface area contributed by atoms with E-state index >= 15 is 0 Å². The molecule has 0 aliphatic heterocycles. The molecule has 0 saturated carbocycles. The number of nitro benzene ring substituents is 1. The molecule has 0 amide bonds. The van der Waals surface area contributed by atoms with Gasteiger partial charge in [0.25, 0.3) is 5.69 Å². The van der Waals surface area contributed by atoms with Crippen LogP contribution in [0.5, 0.6) is 0 Å². The Morgan fingerprint density at radius 1 is 1.50 bits per heavy atom. The van der Waals surface area contributed by atoms with Gasteiger partial charge >= 0.3 is 5.97 Å². The molecule has 98 valence electrons. The zero-order valence-electron chi connectivity index (χ0n) is 9.15. The first kappa shape index (κ1) is 14.4. The summed E-state index contributed by atoms with van der Waals surface area (Å²) in [5, 5.41) is 37.3. The van der Waals surface area contributed by atoms with Gasteiger partial charge in [0.2, 0.25) is 0 Å². The van der Waals surface area contributed by atoms with Gasteiger partial charge in [-0.2, -0.15) is 0 Å². The molecular formula is C10H11NO6S. The Morgan fingerprint density at radius 3 is 2.67 bits per heavy atom. The molecule has 0 saturated heterocycles. The number of rotatable bonds is 6. The summed E-state index contributed by atoms with van der Waals surface area (Å²) < 4.78 is 0. The molecule has 0 bridgehead atoms. The highest BCUT2D eigenvalue weighted by Crippen LogP contribution is 2.30. The lowest BCUT2D eigenvalue weighted by molar-refractivity contribution is -0.387. The second-order valence-corrected chi connectivity index (χ2v) is 4.45. The topological polar surface area (TPSA) is 121 Å². The number of benzene rings is 1. The highest BCUT2D eigenvalue weighted by molar-refractivity contribution is 7.99. The molecule has 0 aliphatic rings. The van der Waals surface area contributed by atoms with Crippen molar-refractivity contribution in [2.75, 3.05) is 12.4 Å². The maximum atomic E-state index is 10.8. The van der Waals surface area contributed by atoms with E-state index in [1.807, 2.05) is 0 Å². The van der Waals surface area contributed by atoms with Crippen LogP contribution in [-0.4, -0.2) is 44.7 Å². The second-order valence-electron chi connectivity index (χ2n) is 3.39. The highest BCUT2D eigenvalue weighted by atomic mass is 32.2. The zero-order chi connectivity index (χ0) is 13.7. The molecule has 8 heteroatoms. The predicted molar refractivity (Wildman–Crippen MR) is 63.9 cm³/mol. The Hall–Kier alpha value is -1.64. The number of carboxylic acids is 1. The lowest BCUT2D eigenvalue weighted by Gasteiger charge is -2.07. The summed E-state index contributed by atoms with van der Waals surface area (Å²) in [6.07, 6.45) is -0.978. The molecular weight excluding hydrogens is 262 g/mol.